The van der Waals surface area contributed by atoms with E-state index in [1.54, 1.807) is 18.2 Å². The average Bonchev–Trinajstić information content (AvgIpc) is 3.09. The first-order valence-corrected chi connectivity index (χ1v) is 9.84. The van der Waals surface area contributed by atoms with Crippen LogP contribution in [0.2, 0.25) is 0 Å². The summed E-state index contributed by atoms with van der Waals surface area (Å²) in [5.74, 6) is 0. The first-order valence-electron chi connectivity index (χ1n) is 7.67. The van der Waals surface area contributed by atoms with E-state index in [0.717, 1.165) is 41.4 Å². The zero-order valence-electron chi connectivity index (χ0n) is 13.3. The van der Waals surface area contributed by atoms with Crippen molar-refractivity contribution in [3.05, 3.63) is 47.5 Å². The number of hydrogen-bond donors (Lipinski definition) is 1. The molecule has 0 unspecified atom stereocenters. The van der Waals surface area contributed by atoms with Crippen LogP contribution in [0.25, 0.3) is 11.0 Å². The predicted octanol–water partition coefficient (Wildman–Crippen LogP) is 2.71. The Balaban J connectivity index is 0.00000182. The molecule has 3 aromatic rings. The molecule has 0 aliphatic carbocycles. The normalized spacial score (nSPS) is 14.2. The molecule has 9 heteroatoms. The highest BCUT2D eigenvalue weighted by molar-refractivity contribution is 7.93. The summed E-state index contributed by atoms with van der Waals surface area (Å²) < 4.78 is 36.3. The van der Waals surface area contributed by atoms with Crippen molar-refractivity contribution >= 4 is 50.9 Å². The fourth-order valence-electron chi connectivity index (χ4n) is 3.10. The summed E-state index contributed by atoms with van der Waals surface area (Å²) in [7, 11) is -3.69. The lowest BCUT2D eigenvalue weighted by molar-refractivity contribution is 0.587. The quantitative estimate of drug-likeness (QED) is 0.735. The molecule has 0 atom stereocenters. The zero-order valence-corrected chi connectivity index (χ0v) is 15.7. The second-order valence-electron chi connectivity index (χ2n) is 5.74. The summed E-state index contributed by atoms with van der Waals surface area (Å²) >= 11 is 1.02. The van der Waals surface area contributed by atoms with Crippen LogP contribution in [0.5, 0.6) is 0 Å². The van der Waals surface area contributed by atoms with Crippen LogP contribution in [0, 0.1) is 0 Å². The van der Waals surface area contributed by atoms with Gasteiger partial charge in [-0.2, -0.15) is 8.75 Å². The minimum Gasteiger partial charge on any atom is -0.326 e. The summed E-state index contributed by atoms with van der Waals surface area (Å²) in [5, 5.41) is 0. The SMILES string of the molecule is Cl.NCc1ccc2c(c1)CCCN2S(=O)(=O)c1cccc2nsnc12. The van der Waals surface area contributed by atoms with Crippen molar-refractivity contribution in [3.63, 3.8) is 0 Å². The molecule has 0 saturated heterocycles. The Hall–Kier alpha value is -1.74. The number of rotatable bonds is 3. The maximum absolute atomic E-state index is 13.3. The highest BCUT2D eigenvalue weighted by atomic mass is 35.5. The number of aromatic nitrogens is 2. The van der Waals surface area contributed by atoms with Crippen molar-refractivity contribution in [2.45, 2.75) is 24.3 Å². The minimum absolute atomic E-state index is 0. The number of sulfonamides is 1. The Morgan fingerprint density at radius 1 is 1.20 bits per heavy atom. The number of hydrogen-bond acceptors (Lipinski definition) is 6. The molecule has 1 aromatic heterocycles. The molecule has 4 rings (SSSR count). The maximum atomic E-state index is 13.3. The number of fused-ring (bicyclic) bond motifs is 2. The van der Waals surface area contributed by atoms with Crippen molar-refractivity contribution in [1.29, 1.82) is 0 Å². The first-order chi connectivity index (χ1) is 11.6. The van der Waals surface area contributed by atoms with E-state index in [9.17, 15) is 8.42 Å². The molecule has 0 saturated carbocycles. The van der Waals surface area contributed by atoms with Crippen molar-refractivity contribution in [1.82, 2.24) is 8.75 Å². The van der Waals surface area contributed by atoms with Gasteiger partial charge in [-0.15, -0.1) is 12.4 Å². The molecule has 1 aliphatic rings. The Morgan fingerprint density at radius 3 is 2.84 bits per heavy atom. The van der Waals surface area contributed by atoms with E-state index in [4.69, 9.17) is 5.73 Å². The molecule has 2 aromatic carbocycles. The van der Waals surface area contributed by atoms with E-state index in [2.05, 4.69) is 8.75 Å². The minimum atomic E-state index is -3.69. The van der Waals surface area contributed by atoms with Gasteiger partial charge in [0.1, 0.15) is 15.9 Å². The second-order valence-corrected chi connectivity index (χ2v) is 8.10. The largest absolute Gasteiger partial charge is 0.326 e. The van der Waals surface area contributed by atoms with Crippen molar-refractivity contribution in [2.24, 2.45) is 5.73 Å². The van der Waals surface area contributed by atoms with E-state index in [1.807, 2.05) is 18.2 Å². The summed E-state index contributed by atoms with van der Waals surface area (Å²) in [6.07, 6.45) is 1.64. The molecule has 6 nitrogen and oxygen atoms in total. The molecule has 0 radical (unpaired) electrons. The third-order valence-electron chi connectivity index (χ3n) is 4.27. The van der Waals surface area contributed by atoms with Crippen LogP contribution < -0.4 is 10.0 Å². The van der Waals surface area contributed by atoms with Crippen LogP contribution in [-0.2, 0) is 23.0 Å². The van der Waals surface area contributed by atoms with Crippen LogP contribution in [0.15, 0.2) is 41.3 Å². The van der Waals surface area contributed by atoms with Gasteiger partial charge in [0, 0.05) is 13.1 Å². The second kappa shape index (κ2) is 6.87. The van der Waals surface area contributed by atoms with Gasteiger partial charge in [0.2, 0.25) is 0 Å². The third kappa shape index (κ3) is 2.99. The first kappa shape index (κ1) is 18.1. The van der Waals surface area contributed by atoms with E-state index in [0.29, 0.717) is 24.1 Å². The summed E-state index contributed by atoms with van der Waals surface area (Å²) in [4.78, 5) is 0.213. The van der Waals surface area contributed by atoms with Gasteiger partial charge >= 0.3 is 0 Å². The lowest BCUT2D eigenvalue weighted by Gasteiger charge is -2.30. The van der Waals surface area contributed by atoms with E-state index in [1.165, 1.54) is 4.31 Å². The summed E-state index contributed by atoms with van der Waals surface area (Å²) in [6.45, 7) is 0.912. The Morgan fingerprint density at radius 2 is 2.04 bits per heavy atom. The van der Waals surface area contributed by atoms with Crippen LogP contribution in [0.1, 0.15) is 17.5 Å². The number of anilines is 1. The van der Waals surface area contributed by atoms with Gasteiger partial charge in [-0.3, -0.25) is 4.31 Å². The molecule has 0 spiro atoms. The number of halogens is 1. The van der Waals surface area contributed by atoms with Crippen LogP contribution in [0.3, 0.4) is 0 Å². The molecule has 0 fully saturated rings. The van der Waals surface area contributed by atoms with Crippen molar-refractivity contribution < 1.29 is 8.42 Å². The lowest BCUT2D eigenvalue weighted by Crippen LogP contribution is -2.35. The third-order valence-corrected chi connectivity index (χ3v) is 6.66. The monoisotopic (exact) mass is 396 g/mol. The number of aryl methyl sites for hydroxylation is 1. The van der Waals surface area contributed by atoms with Gasteiger partial charge in [0.25, 0.3) is 10.0 Å². The van der Waals surface area contributed by atoms with Gasteiger partial charge in [0.15, 0.2) is 0 Å². The highest BCUT2D eigenvalue weighted by Gasteiger charge is 2.31. The Labute approximate surface area is 156 Å². The lowest BCUT2D eigenvalue weighted by atomic mass is 10.0. The van der Waals surface area contributed by atoms with Crippen LogP contribution >= 0.6 is 24.1 Å². The highest BCUT2D eigenvalue weighted by Crippen LogP contribution is 2.34. The molecular formula is C16H17ClN4O2S2. The molecular weight excluding hydrogens is 380 g/mol. The fraction of sp³-hybridized carbons (Fsp3) is 0.250. The summed E-state index contributed by atoms with van der Waals surface area (Å²) in [5.41, 5.74) is 9.52. The molecule has 0 amide bonds. The van der Waals surface area contributed by atoms with Crippen LogP contribution in [0.4, 0.5) is 5.69 Å². The van der Waals surface area contributed by atoms with Gasteiger partial charge < -0.3 is 5.73 Å². The van der Waals surface area contributed by atoms with E-state index in [-0.39, 0.29) is 17.3 Å². The molecule has 1 aliphatic heterocycles. The molecule has 2 heterocycles. The molecule has 0 bridgehead atoms. The maximum Gasteiger partial charge on any atom is 0.266 e. The topological polar surface area (TPSA) is 89.2 Å². The number of benzene rings is 2. The van der Waals surface area contributed by atoms with Gasteiger partial charge in [0.05, 0.1) is 17.4 Å². The summed E-state index contributed by atoms with van der Waals surface area (Å²) in [6, 6.07) is 10.8. The Bertz CT molecular complexity index is 1020. The number of nitrogens with two attached hydrogens (primary N) is 1. The molecule has 2 N–H and O–H groups in total. The average molecular weight is 397 g/mol. The number of nitrogens with zero attached hydrogens (tertiary/aromatic N) is 3. The van der Waals surface area contributed by atoms with E-state index >= 15 is 0 Å². The van der Waals surface area contributed by atoms with Gasteiger partial charge in [-0.25, -0.2) is 8.42 Å². The standard InChI is InChI=1S/C16H16N4O2S2.ClH/c17-10-11-6-7-14-12(9-11)3-2-8-20(14)24(21,22)15-5-1-4-13-16(15)19-23-18-13;/h1,4-7,9H,2-3,8,10,17H2;1H. The Kier molecular flexibility index (Phi) is 4.97. The van der Waals surface area contributed by atoms with E-state index < -0.39 is 10.0 Å². The molecule has 25 heavy (non-hydrogen) atoms. The predicted molar refractivity (Wildman–Crippen MR) is 102 cm³/mol. The molecule has 132 valence electrons. The zero-order chi connectivity index (χ0) is 16.7. The van der Waals surface area contributed by atoms with Crippen LogP contribution in [-0.4, -0.2) is 23.7 Å². The van der Waals surface area contributed by atoms with Crippen molar-refractivity contribution in [2.75, 3.05) is 10.8 Å². The van der Waals surface area contributed by atoms with Crippen molar-refractivity contribution in [3.8, 4) is 0 Å². The van der Waals surface area contributed by atoms with Gasteiger partial charge in [-0.05, 0) is 42.2 Å². The smallest absolute Gasteiger partial charge is 0.266 e. The fourth-order valence-corrected chi connectivity index (χ4v) is 5.40. The van der Waals surface area contributed by atoms with Gasteiger partial charge in [-0.1, -0.05) is 18.2 Å².